The highest BCUT2D eigenvalue weighted by Gasteiger charge is 1.97. The molecule has 0 aliphatic heterocycles. The number of hydrogen-bond acceptors (Lipinski definition) is 2. The number of benzene rings is 1. The number of aliphatic hydroxyl groups excluding tert-OH is 1. The zero-order chi connectivity index (χ0) is 11.2. The zero-order valence-electron chi connectivity index (χ0n) is 8.93. The number of nitrogens with zero attached hydrogens (tertiary/aromatic N) is 1. The second kappa shape index (κ2) is 5.28. The molecule has 0 atom stereocenters. The van der Waals surface area contributed by atoms with Crippen molar-refractivity contribution in [2.75, 3.05) is 6.61 Å². The molecule has 0 saturated carbocycles. The summed E-state index contributed by atoms with van der Waals surface area (Å²) >= 11 is 0. The summed E-state index contributed by atoms with van der Waals surface area (Å²) in [6.07, 6.45) is 8.02. The number of rotatable bonds is 4. The van der Waals surface area contributed by atoms with Crippen LogP contribution in [0.15, 0.2) is 42.7 Å². The number of aromatic nitrogens is 2. The molecule has 3 heteroatoms. The van der Waals surface area contributed by atoms with Gasteiger partial charge in [0, 0.05) is 18.8 Å². The topological polar surface area (TPSA) is 48.9 Å². The fraction of sp³-hybridized carbons (Fsp3) is 0.154. The number of nitrogens with one attached hydrogen (secondary N) is 1. The first-order valence-corrected chi connectivity index (χ1v) is 5.23. The van der Waals surface area contributed by atoms with Crippen LogP contribution in [0.4, 0.5) is 0 Å². The number of aromatic amines is 1. The lowest BCUT2D eigenvalue weighted by atomic mass is 10.1. The lowest BCUT2D eigenvalue weighted by Gasteiger charge is -1.99. The third-order valence-electron chi connectivity index (χ3n) is 2.32. The van der Waals surface area contributed by atoms with Crippen molar-refractivity contribution < 1.29 is 5.11 Å². The van der Waals surface area contributed by atoms with Crippen LogP contribution in [-0.4, -0.2) is 21.7 Å². The Kier molecular flexibility index (Phi) is 3.51. The monoisotopic (exact) mass is 214 g/mol. The van der Waals surface area contributed by atoms with Crippen LogP contribution in [0.5, 0.6) is 0 Å². The van der Waals surface area contributed by atoms with Crippen LogP contribution in [0.1, 0.15) is 17.0 Å². The Morgan fingerprint density at radius 2 is 2.06 bits per heavy atom. The van der Waals surface area contributed by atoms with Gasteiger partial charge in [-0.1, -0.05) is 36.4 Å². The molecule has 2 rings (SSSR count). The van der Waals surface area contributed by atoms with Crippen molar-refractivity contribution in [3.8, 4) is 0 Å². The average molecular weight is 214 g/mol. The molecule has 16 heavy (non-hydrogen) atoms. The highest BCUT2D eigenvalue weighted by Crippen LogP contribution is 2.09. The van der Waals surface area contributed by atoms with Crippen LogP contribution in [0.2, 0.25) is 0 Å². The molecule has 0 aliphatic rings. The molecule has 1 aromatic heterocycles. The molecule has 0 amide bonds. The summed E-state index contributed by atoms with van der Waals surface area (Å²) in [5.74, 6) is 0.971. The second-order valence-electron chi connectivity index (χ2n) is 3.54. The number of aliphatic hydroxyl groups is 1. The Morgan fingerprint density at radius 1 is 1.25 bits per heavy atom. The van der Waals surface area contributed by atoms with Gasteiger partial charge in [0.1, 0.15) is 5.82 Å². The summed E-state index contributed by atoms with van der Waals surface area (Å²) in [7, 11) is 0. The summed E-state index contributed by atoms with van der Waals surface area (Å²) in [4.78, 5) is 7.26. The van der Waals surface area contributed by atoms with E-state index in [0.717, 1.165) is 17.8 Å². The molecular formula is C13H14N2O. The van der Waals surface area contributed by atoms with Crippen molar-refractivity contribution in [1.82, 2.24) is 9.97 Å². The fourth-order valence-electron chi connectivity index (χ4n) is 1.52. The van der Waals surface area contributed by atoms with Crippen molar-refractivity contribution in [2.45, 2.75) is 6.42 Å². The molecule has 1 heterocycles. The predicted octanol–water partition coefficient (Wildman–Crippen LogP) is 2.01. The van der Waals surface area contributed by atoms with Crippen LogP contribution in [0.25, 0.3) is 6.08 Å². The van der Waals surface area contributed by atoms with Crippen LogP contribution in [0, 0.1) is 0 Å². The first-order chi connectivity index (χ1) is 7.88. The van der Waals surface area contributed by atoms with Crippen molar-refractivity contribution >= 4 is 6.08 Å². The van der Waals surface area contributed by atoms with Gasteiger partial charge in [0.2, 0.25) is 0 Å². The van der Waals surface area contributed by atoms with Gasteiger partial charge in [-0.2, -0.15) is 0 Å². The molecule has 0 aliphatic carbocycles. The van der Waals surface area contributed by atoms with Crippen LogP contribution < -0.4 is 0 Å². The van der Waals surface area contributed by atoms with Gasteiger partial charge in [-0.15, -0.1) is 0 Å². The Morgan fingerprint density at radius 3 is 2.69 bits per heavy atom. The van der Waals surface area contributed by atoms with Gasteiger partial charge in [0.25, 0.3) is 0 Å². The summed E-state index contributed by atoms with van der Waals surface area (Å²) in [5.41, 5.74) is 2.31. The molecule has 3 nitrogen and oxygen atoms in total. The average Bonchev–Trinajstić information content (AvgIpc) is 2.81. The number of imidazole rings is 1. The van der Waals surface area contributed by atoms with Gasteiger partial charge in [0.15, 0.2) is 0 Å². The number of H-pyrrole nitrogens is 1. The van der Waals surface area contributed by atoms with E-state index in [4.69, 9.17) is 5.11 Å². The molecule has 1 aromatic carbocycles. The molecule has 2 aromatic rings. The van der Waals surface area contributed by atoms with E-state index in [0.29, 0.717) is 0 Å². The summed E-state index contributed by atoms with van der Waals surface area (Å²) in [5, 5.41) is 8.65. The highest BCUT2D eigenvalue weighted by atomic mass is 16.2. The largest absolute Gasteiger partial charge is 0.392 e. The van der Waals surface area contributed by atoms with Crippen LogP contribution in [0.3, 0.4) is 0 Å². The van der Waals surface area contributed by atoms with Crippen molar-refractivity contribution in [3.05, 3.63) is 59.7 Å². The van der Waals surface area contributed by atoms with Crippen molar-refractivity contribution in [3.63, 3.8) is 0 Å². The van der Waals surface area contributed by atoms with Gasteiger partial charge < -0.3 is 10.1 Å². The molecule has 2 N–H and O–H groups in total. The van der Waals surface area contributed by atoms with E-state index in [1.54, 1.807) is 12.3 Å². The summed E-state index contributed by atoms with van der Waals surface area (Å²) in [6, 6.07) is 8.20. The minimum atomic E-state index is 0.0775. The van der Waals surface area contributed by atoms with Gasteiger partial charge in [-0.3, -0.25) is 0 Å². The van der Waals surface area contributed by atoms with E-state index < -0.39 is 0 Å². The van der Waals surface area contributed by atoms with E-state index in [-0.39, 0.29) is 6.61 Å². The molecule has 0 radical (unpaired) electrons. The van der Waals surface area contributed by atoms with Gasteiger partial charge in [-0.25, -0.2) is 4.98 Å². The summed E-state index contributed by atoms with van der Waals surface area (Å²) in [6.45, 7) is 0.0775. The number of hydrogen-bond donors (Lipinski definition) is 2. The Bertz CT molecular complexity index is 443. The van der Waals surface area contributed by atoms with Crippen LogP contribution in [-0.2, 0) is 6.42 Å². The SMILES string of the molecule is OC/C=C/c1ccc(Cc2ncc[nH]2)cc1. The third kappa shape index (κ3) is 2.81. The molecule has 0 saturated heterocycles. The molecule has 82 valence electrons. The van der Waals surface area contributed by atoms with E-state index in [1.165, 1.54) is 5.56 Å². The highest BCUT2D eigenvalue weighted by molar-refractivity contribution is 5.49. The summed E-state index contributed by atoms with van der Waals surface area (Å²) < 4.78 is 0. The molecule has 0 bridgehead atoms. The molecule has 0 unspecified atom stereocenters. The second-order valence-corrected chi connectivity index (χ2v) is 3.54. The molecule has 0 spiro atoms. The lowest BCUT2D eigenvalue weighted by Crippen LogP contribution is -1.90. The Hall–Kier alpha value is -1.87. The van der Waals surface area contributed by atoms with Crippen molar-refractivity contribution in [1.29, 1.82) is 0 Å². The minimum absolute atomic E-state index is 0.0775. The maximum absolute atomic E-state index is 8.65. The van der Waals surface area contributed by atoms with Gasteiger partial charge >= 0.3 is 0 Å². The third-order valence-corrected chi connectivity index (χ3v) is 2.32. The lowest BCUT2D eigenvalue weighted by molar-refractivity contribution is 0.343. The van der Waals surface area contributed by atoms with E-state index in [9.17, 15) is 0 Å². The van der Waals surface area contributed by atoms with E-state index in [1.807, 2.05) is 24.4 Å². The van der Waals surface area contributed by atoms with Crippen LogP contribution >= 0.6 is 0 Å². The molecule has 0 fully saturated rings. The maximum Gasteiger partial charge on any atom is 0.110 e. The first kappa shape index (κ1) is 10.6. The van der Waals surface area contributed by atoms with Gasteiger partial charge in [0.05, 0.1) is 6.61 Å². The van der Waals surface area contributed by atoms with E-state index in [2.05, 4.69) is 22.1 Å². The van der Waals surface area contributed by atoms with E-state index >= 15 is 0 Å². The zero-order valence-corrected chi connectivity index (χ0v) is 8.93. The Labute approximate surface area is 94.5 Å². The quantitative estimate of drug-likeness (QED) is 0.817. The smallest absolute Gasteiger partial charge is 0.110 e. The molecular weight excluding hydrogens is 200 g/mol. The fourth-order valence-corrected chi connectivity index (χ4v) is 1.52. The predicted molar refractivity (Wildman–Crippen MR) is 64.0 cm³/mol. The van der Waals surface area contributed by atoms with Gasteiger partial charge in [-0.05, 0) is 11.1 Å². The van der Waals surface area contributed by atoms with Crippen molar-refractivity contribution in [2.24, 2.45) is 0 Å². The standard InChI is InChI=1S/C13H14N2O/c16-9-1-2-11-3-5-12(6-4-11)10-13-14-7-8-15-13/h1-8,16H,9-10H2,(H,14,15)/b2-1+. The maximum atomic E-state index is 8.65. The minimum Gasteiger partial charge on any atom is -0.392 e. The normalized spacial score (nSPS) is 11.1. The first-order valence-electron chi connectivity index (χ1n) is 5.23. The Balaban J connectivity index is 2.05.